The fourth-order valence-corrected chi connectivity index (χ4v) is 2.60. The Kier molecular flexibility index (Phi) is 3.49. The van der Waals surface area contributed by atoms with Crippen molar-refractivity contribution in [2.45, 2.75) is 0 Å². The van der Waals surface area contributed by atoms with E-state index < -0.39 is 5.91 Å². The summed E-state index contributed by atoms with van der Waals surface area (Å²) in [6.07, 6.45) is 3.02. The fraction of sp³-hybridized carbons (Fsp3) is 0. The van der Waals surface area contributed by atoms with Gasteiger partial charge in [-0.3, -0.25) is 4.79 Å². The van der Waals surface area contributed by atoms with Crippen LogP contribution < -0.4 is 5.73 Å². The molecule has 0 aliphatic rings. The topological polar surface area (TPSA) is 43.1 Å². The van der Waals surface area contributed by atoms with E-state index in [9.17, 15) is 4.79 Å². The molecule has 64 valence electrons. The number of amides is 1. The minimum absolute atomic E-state index is 0.435. The van der Waals surface area contributed by atoms with E-state index in [0.717, 1.165) is 13.1 Å². The van der Waals surface area contributed by atoms with Gasteiger partial charge in [-0.15, -0.1) is 11.3 Å². The van der Waals surface area contributed by atoms with Crippen molar-refractivity contribution >= 4 is 55.2 Å². The predicted octanol–water partition coefficient (Wildman–Crippen LogP) is 2.77. The summed E-state index contributed by atoms with van der Waals surface area (Å²) in [6.45, 7) is 0. The predicted molar refractivity (Wildman–Crippen MR) is 57.9 cm³/mol. The maximum atomic E-state index is 10.4. The molecule has 0 fully saturated rings. The van der Waals surface area contributed by atoms with E-state index in [4.69, 9.17) is 5.73 Å². The van der Waals surface area contributed by atoms with Gasteiger partial charge in [0.15, 0.2) is 0 Å². The Balaban J connectivity index is 2.83. The molecule has 1 amide bonds. The highest BCUT2D eigenvalue weighted by Crippen LogP contribution is 2.32. The molecule has 1 rings (SSSR count). The van der Waals surface area contributed by atoms with Crippen molar-refractivity contribution in [2.75, 3.05) is 0 Å². The zero-order chi connectivity index (χ0) is 9.14. The Labute approximate surface area is 90.7 Å². The molecule has 0 atom stereocenters. The summed E-state index contributed by atoms with van der Waals surface area (Å²) in [6, 6.07) is 1.91. The number of nitrogens with two attached hydrogens (primary N) is 1. The minimum atomic E-state index is -0.435. The lowest BCUT2D eigenvalue weighted by Gasteiger charge is -1.80. The molecule has 0 saturated carbocycles. The van der Waals surface area contributed by atoms with E-state index >= 15 is 0 Å². The third-order valence-electron chi connectivity index (χ3n) is 1.08. The van der Waals surface area contributed by atoms with E-state index in [1.165, 1.54) is 17.4 Å². The number of hydrogen-bond acceptors (Lipinski definition) is 2. The monoisotopic (exact) mass is 309 g/mol. The van der Waals surface area contributed by atoms with Crippen molar-refractivity contribution in [1.29, 1.82) is 0 Å². The lowest BCUT2D eigenvalue weighted by molar-refractivity contribution is -0.113. The van der Waals surface area contributed by atoms with Crippen molar-refractivity contribution in [3.63, 3.8) is 0 Å². The third kappa shape index (κ3) is 2.73. The average molecular weight is 311 g/mol. The molecule has 0 aliphatic carbocycles. The lowest BCUT2D eigenvalue weighted by atomic mass is 10.4. The standard InChI is InChI=1S/C7H5Br2NOS/c8-5-3-4(12-7(5)9)1-2-6(10)11/h1-3H,(H2,10,11)/b2-1+. The molecule has 2 nitrogen and oxygen atoms in total. The van der Waals surface area contributed by atoms with Gasteiger partial charge in [0.05, 0.1) is 3.79 Å². The summed E-state index contributed by atoms with van der Waals surface area (Å²) in [5.74, 6) is -0.435. The van der Waals surface area contributed by atoms with Crippen molar-refractivity contribution in [3.8, 4) is 0 Å². The average Bonchev–Trinajstić information content (AvgIpc) is 2.28. The normalized spacial score (nSPS) is 10.8. The van der Waals surface area contributed by atoms with Gasteiger partial charge >= 0.3 is 0 Å². The molecule has 2 N–H and O–H groups in total. The van der Waals surface area contributed by atoms with Gasteiger partial charge in [-0.05, 0) is 44.0 Å². The Morgan fingerprint density at radius 1 is 1.58 bits per heavy atom. The van der Waals surface area contributed by atoms with Gasteiger partial charge in [0.2, 0.25) is 5.91 Å². The number of carbonyl (C=O) groups excluding carboxylic acids is 1. The smallest absolute Gasteiger partial charge is 0.241 e. The SMILES string of the molecule is NC(=O)/C=C/c1cc(Br)c(Br)s1. The van der Waals surface area contributed by atoms with E-state index in [-0.39, 0.29) is 0 Å². The summed E-state index contributed by atoms with van der Waals surface area (Å²) in [5.41, 5.74) is 4.94. The molecular weight excluding hydrogens is 306 g/mol. The van der Waals surface area contributed by atoms with Crippen molar-refractivity contribution in [1.82, 2.24) is 0 Å². The molecule has 5 heteroatoms. The lowest BCUT2D eigenvalue weighted by Crippen LogP contribution is -2.04. The first kappa shape index (κ1) is 9.95. The highest BCUT2D eigenvalue weighted by Gasteiger charge is 2.00. The number of halogens is 2. The zero-order valence-electron chi connectivity index (χ0n) is 5.88. The Morgan fingerprint density at radius 3 is 2.67 bits per heavy atom. The highest BCUT2D eigenvalue weighted by molar-refractivity contribution is 9.13. The summed E-state index contributed by atoms with van der Waals surface area (Å²) in [7, 11) is 0. The second kappa shape index (κ2) is 4.20. The Morgan fingerprint density at radius 2 is 2.25 bits per heavy atom. The van der Waals surface area contributed by atoms with Gasteiger partial charge in [0, 0.05) is 15.4 Å². The van der Waals surface area contributed by atoms with E-state index in [1.807, 2.05) is 6.07 Å². The third-order valence-corrected chi connectivity index (χ3v) is 4.30. The second-order valence-electron chi connectivity index (χ2n) is 2.01. The van der Waals surface area contributed by atoms with Gasteiger partial charge in [-0.1, -0.05) is 0 Å². The Bertz CT molecular complexity index is 313. The molecule has 0 unspecified atom stereocenters. The molecule has 0 radical (unpaired) electrons. The van der Waals surface area contributed by atoms with Crippen molar-refractivity contribution < 1.29 is 4.79 Å². The molecule has 1 aromatic rings. The number of carbonyl (C=O) groups is 1. The molecule has 0 aliphatic heterocycles. The second-order valence-corrected chi connectivity index (χ2v) is 5.26. The molecule has 0 aromatic carbocycles. The summed E-state index contributed by atoms with van der Waals surface area (Å²) < 4.78 is 1.99. The molecule has 0 saturated heterocycles. The fourth-order valence-electron chi connectivity index (χ4n) is 0.610. The first-order chi connectivity index (χ1) is 5.59. The maximum Gasteiger partial charge on any atom is 0.241 e. The van der Waals surface area contributed by atoms with Crippen LogP contribution in [-0.2, 0) is 4.79 Å². The van der Waals surface area contributed by atoms with Gasteiger partial charge in [0.1, 0.15) is 0 Å². The van der Waals surface area contributed by atoms with E-state index in [0.29, 0.717) is 0 Å². The van der Waals surface area contributed by atoms with Crippen molar-refractivity contribution in [3.05, 3.63) is 25.3 Å². The van der Waals surface area contributed by atoms with Gasteiger partial charge in [-0.25, -0.2) is 0 Å². The largest absolute Gasteiger partial charge is 0.366 e. The number of primary amides is 1. The van der Waals surface area contributed by atoms with E-state index in [2.05, 4.69) is 31.9 Å². The highest BCUT2D eigenvalue weighted by atomic mass is 79.9. The van der Waals surface area contributed by atoms with E-state index in [1.54, 1.807) is 6.08 Å². The summed E-state index contributed by atoms with van der Waals surface area (Å²) >= 11 is 8.21. The van der Waals surface area contributed by atoms with Crippen LogP contribution >= 0.6 is 43.2 Å². The van der Waals surface area contributed by atoms with Gasteiger partial charge < -0.3 is 5.73 Å². The molecular formula is C7H5Br2NOS. The zero-order valence-corrected chi connectivity index (χ0v) is 9.87. The molecule has 12 heavy (non-hydrogen) atoms. The van der Waals surface area contributed by atoms with Crippen LogP contribution in [0.1, 0.15) is 4.88 Å². The molecule has 1 aromatic heterocycles. The van der Waals surface area contributed by atoms with Gasteiger partial charge in [-0.2, -0.15) is 0 Å². The number of thiophene rings is 1. The van der Waals surface area contributed by atoms with Crippen LogP contribution in [0.5, 0.6) is 0 Å². The van der Waals surface area contributed by atoms with Crippen LogP contribution in [0.4, 0.5) is 0 Å². The van der Waals surface area contributed by atoms with Crippen LogP contribution in [0.3, 0.4) is 0 Å². The first-order valence-electron chi connectivity index (χ1n) is 3.02. The van der Waals surface area contributed by atoms with Crippen LogP contribution in [0.25, 0.3) is 6.08 Å². The quantitative estimate of drug-likeness (QED) is 0.839. The van der Waals surface area contributed by atoms with Crippen LogP contribution in [0.2, 0.25) is 0 Å². The number of rotatable bonds is 2. The summed E-state index contributed by atoms with van der Waals surface area (Å²) in [4.78, 5) is 11.4. The van der Waals surface area contributed by atoms with Gasteiger partial charge in [0.25, 0.3) is 0 Å². The Hall–Kier alpha value is -0.130. The van der Waals surface area contributed by atoms with Crippen LogP contribution in [0, 0.1) is 0 Å². The maximum absolute atomic E-state index is 10.4. The molecule has 0 bridgehead atoms. The minimum Gasteiger partial charge on any atom is -0.366 e. The first-order valence-corrected chi connectivity index (χ1v) is 5.42. The van der Waals surface area contributed by atoms with Crippen LogP contribution in [-0.4, -0.2) is 5.91 Å². The van der Waals surface area contributed by atoms with Crippen molar-refractivity contribution in [2.24, 2.45) is 5.73 Å². The summed E-state index contributed by atoms with van der Waals surface area (Å²) in [5, 5.41) is 0. The molecule has 1 heterocycles. The molecule has 0 spiro atoms. The van der Waals surface area contributed by atoms with Crippen LogP contribution in [0.15, 0.2) is 20.4 Å². The number of hydrogen-bond donors (Lipinski definition) is 1.